The van der Waals surface area contributed by atoms with Crippen molar-refractivity contribution in [3.05, 3.63) is 29.8 Å². The molecule has 0 spiro atoms. The molecule has 124 valence electrons. The van der Waals surface area contributed by atoms with E-state index < -0.39 is 0 Å². The average molecular weight is 306 g/mol. The molecule has 0 aliphatic carbocycles. The third-order valence-corrected chi connectivity index (χ3v) is 4.24. The summed E-state index contributed by atoms with van der Waals surface area (Å²) in [7, 11) is 6.29. The van der Waals surface area contributed by atoms with Crippen LogP contribution in [0, 0.1) is 0 Å². The van der Waals surface area contributed by atoms with Gasteiger partial charge in [0.15, 0.2) is 0 Å². The van der Waals surface area contributed by atoms with E-state index in [1.54, 1.807) is 0 Å². The van der Waals surface area contributed by atoms with Gasteiger partial charge in [-0.05, 0) is 45.5 Å². The minimum absolute atomic E-state index is 0.0353. The normalized spacial score (nSPS) is 11.5. The van der Waals surface area contributed by atoms with Crippen molar-refractivity contribution in [1.82, 2.24) is 15.1 Å². The Morgan fingerprint density at radius 3 is 2.41 bits per heavy atom. The predicted molar refractivity (Wildman–Crippen MR) is 95.4 cm³/mol. The first-order chi connectivity index (χ1) is 10.5. The molecule has 22 heavy (non-hydrogen) atoms. The van der Waals surface area contributed by atoms with Gasteiger partial charge in [0, 0.05) is 18.2 Å². The van der Waals surface area contributed by atoms with Gasteiger partial charge in [-0.25, -0.2) is 0 Å². The van der Waals surface area contributed by atoms with Gasteiger partial charge < -0.3 is 10.6 Å². The van der Waals surface area contributed by atoms with E-state index >= 15 is 0 Å². The summed E-state index contributed by atoms with van der Waals surface area (Å²) in [5.41, 5.74) is 1.93. The van der Waals surface area contributed by atoms with E-state index in [-0.39, 0.29) is 5.91 Å². The molecule has 0 unspecified atom stereocenters. The van der Waals surface area contributed by atoms with Gasteiger partial charge in [0.05, 0.1) is 20.6 Å². The van der Waals surface area contributed by atoms with Crippen molar-refractivity contribution >= 4 is 11.6 Å². The summed E-state index contributed by atoms with van der Waals surface area (Å²) in [6, 6.07) is 7.95. The topological polar surface area (TPSA) is 41.1 Å². The molecule has 2 N–H and O–H groups in total. The van der Waals surface area contributed by atoms with Gasteiger partial charge >= 0.3 is 0 Å². The summed E-state index contributed by atoms with van der Waals surface area (Å²) in [5, 5.41) is 6.17. The highest BCUT2D eigenvalue weighted by molar-refractivity contribution is 5.95. The van der Waals surface area contributed by atoms with Gasteiger partial charge in [-0.15, -0.1) is 0 Å². The number of nitrogens with one attached hydrogen (secondary N) is 2. The molecule has 0 aliphatic rings. The van der Waals surface area contributed by atoms with Gasteiger partial charge in [-0.3, -0.25) is 9.28 Å². The summed E-state index contributed by atoms with van der Waals surface area (Å²) in [6.45, 7) is 4.98. The second-order valence-corrected chi connectivity index (χ2v) is 6.33. The summed E-state index contributed by atoms with van der Waals surface area (Å²) in [4.78, 5) is 12.2. The summed E-state index contributed by atoms with van der Waals surface area (Å²) in [6.07, 6.45) is 4.64. The lowest BCUT2D eigenvalue weighted by Crippen LogP contribution is -2.40. The minimum Gasteiger partial charge on any atom is -0.352 e. The Kier molecular flexibility index (Phi) is 8.13. The molecular formula is C18H32N3O+. The minimum atomic E-state index is 0.0353. The molecule has 0 saturated carbocycles. The molecule has 0 aliphatic heterocycles. The van der Waals surface area contributed by atoms with Crippen LogP contribution in [0.15, 0.2) is 24.3 Å². The van der Waals surface area contributed by atoms with Crippen molar-refractivity contribution in [3.8, 4) is 0 Å². The monoisotopic (exact) mass is 306 g/mol. The fraction of sp³-hybridized carbons (Fsp3) is 0.611. The largest absolute Gasteiger partial charge is 0.352 e. The highest BCUT2D eigenvalue weighted by Crippen LogP contribution is 2.19. The lowest BCUT2D eigenvalue weighted by atomic mass is 10.1. The molecule has 1 aromatic rings. The van der Waals surface area contributed by atoms with Crippen LogP contribution in [-0.2, 0) is 0 Å². The zero-order valence-corrected chi connectivity index (χ0v) is 14.6. The van der Waals surface area contributed by atoms with Gasteiger partial charge in [0.2, 0.25) is 0 Å². The van der Waals surface area contributed by atoms with Crippen molar-refractivity contribution in [2.45, 2.75) is 32.6 Å². The van der Waals surface area contributed by atoms with Gasteiger partial charge in [0.25, 0.3) is 5.91 Å². The fourth-order valence-corrected chi connectivity index (χ4v) is 2.29. The lowest BCUT2D eigenvalue weighted by molar-refractivity contribution is 0.0953. The third-order valence-electron chi connectivity index (χ3n) is 4.24. The molecule has 0 heterocycles. The highest BCUT2D eigenvalue weighted by Gasteiger charge is 2.17. The second kappa shape index (κ2) is 9.59. The Morgan fingerprint density at radius 2 is 1.77 bits per heavy atom. The number of hydrogen-bond donors (Lipinski definition) is 2. The van der Waals surface area contributed by atoms with Crippen LogP contribution in [0.1, 0.15) is 43.0 Å². The van der Waals surface area contributed by atoms with Crippen LogP contribution in [-0.4, -0.2) is 46.7 Å². The Balaban J connectivity index is 2.41. The molecule has 0 saturated heterocycles. The SMILES string of the molecule is CC[N+](C)(C)c1cccc(C(=O)NCCCCCCNC)c1. The smallest absolute Gasteiger partial charge is 0.251 e. The van der Waals surface area contributed by atoms with E-state index in [4.69, 9.17) is 0 Å². The Morgan fingerprint density at radius 1 is 1.09 bits per heavy atom. The number of hydrogen-bond acceptors (Lipinski definition) is 2. The molecule has 0 bridgehead atoms. The van der Waals surface area contributed by atoms with Crippen LogP contribution in [0.5, 0.6) is 0 Å². The molecule has 4 heteroatoms. The van der Waals surface area contributed by atoms with Crippen LogP contribution < -0.4 is 15.1 Å². The molecule has 0 fully saturated rings. The molecule has 1 aromatic carbocycles. The zero-order valence-electron chi connectivity index (χ0n) is 14.6. The first-order valence-electron chi connectivity index (χ1n) is 8.37. The number of carbonyl (C=O) groups is 1. The number of nitrogens with zero attached hydrogens (tertiary/aromatic N) is 1. The standard InChI is InChI=1S/C18H31N3O/c1-5-21(3,4)17-12-10-11-16(15-17)18(22)20-14-9-7-6-8-13-19-2/h10-12,15,19H,5-9,13-14H2,1-4H3/p+1. The van der Waals surface area contributed by atoms with Gasteiger partial charge in [-0.1, -0.05) is 18.9 Å². The number of rotatable bonds is 10. The summed E-state index contributed by atoms with van der Waals surface area (Å²) >= 11 is 0. The van der Waals surface area contributed by atoms with E-state index in [2.05, 4.69) is 37.7 Å². The van der Waals surface area contributed by atoms with E-state index in [0.717, 1.165) is 36.1 Å². The molecule has 0 radical (unpaired) electrons. The lowest BCUT2D eigenvalue weighted by Gasteiger charge is -2.27. The number of benzene rings is 1. The molecule has 0 atom stereocenters. The van der Waals surface area contributed by atoms with Crippen LogP contribution in [0.4, 0.5) is 5.69 Å². The Hall–Kier alpha value is -1.39. The van der Waals surface area contributed by atoms with E-state index in [1.807, 2.05) is 25.2 Å². The Bertz CT molecular complexity index is 457. The highest BCUT2D eigenvalue weighted by atomic mass is 16.1. The number of carbonyl (C=O) groups excluding carboxylic acids is 1. The maximum absolute atomic E-state index is 12.2. The quantitative estimate of drug-likeness (QED) is 0.515. The van der Waals surface area contributed by atoms with Crippen molar-refractivity contribution in [2.75, 3.05) is 40.8 Å². The molecular weight excluding hydrogens is 274 g/mol. The zero-order chi connectivity index (χ0) is 16.4. The first kappa shape index (κ1) is 18.7. The van der Waals surface area contributed by atoms with E-state index in [1.165, 1.54) is 24.9 Å². The third kappa shape index (κ3) is 6.16. The number of amides is 1. The van der Waals surface area contributed by atoms with Crippen molar-refractivity contribution in [2.24, 2.45) is 0 Å². The van der Waals surface area contributed by atoms with E-state index in [0.29, 0.717) is 0 Å². The maximum Gasteiger partial charge on any atom is 0.251 e. The fourth-order valence-electron chi connectivity index (χ4n) is 2.29. The molecule has 4 nitrogen and oxygen atoms in total. The summed E-state index contributed by atoms with van der Waals surface area (Å²) in [5.74, 6) is 0.0353. The van der Waals surface area contributed by atoms with Crippen molar-refractivity contribution in [1.29, 1.82) is 0 Å². The average Bonchev–Trinajstić information content (AvgIpc) is 2.54. The van der Waals surface area contributed by atoms with Crippen LogP contribution >= 0.6 is 0 Å². The van der Waals surface area contributed by atoms with Crippen LogP contribution in [0.25, 0.3) is 0 Å². The molecule has 1 amide bonds. The van der Waals surface area contributed by atoms with E-state index in [9.17, 15) is 4.79 Å². The van der Waals surface area contributed by atoms with Gasteiger partial charge in [0.1, 0.15) is 5.69 Å². The summed E-state index contributed by atoms with van der Waals surface area (Å²) < 4.78 is 0.784. The van der Waals surface area contributed by atoms with Gasteiger partial charge in [-0.2, -0.15) is 0 Å². The van der Waals surface area contributed by atoms with Crippen LogP contribution in [0.3, 0.4) is 0 Å². The van der Waals surface area contributed by atoms with Crippen LogP contribution in [0.2, 0.25) is 0 Å². The first-order valence-corrected chi connectivity index (χ1v) is 8.37. The molecule has 1 rings (SSSR count). The predicted octanol–water partition coefficient (Wildman–Crippen LogP) is 2.78. The molecule has 0 aromatic heterocycles. The maximum atomic E-state index is 12.2. The van der Waals surface area contributed by atoms with Crippen molar-refractivity contribution < 1.29 is 4.79 Å². The number of quaternary nitrogens is 1. The second-order valence-electron chi connectivity index (χ2n) is 6.33. The number of unbranched alkanes of at least 4 members (excludes halogenated alkanes) is 3. The Labute approximate surface area is 135 Å². The van der Waals surface area contributed by atoms with Crippen molar-refractivity contribution in [3.63, 3.8) is 0 Å².